The molecule has 2 amide bonds. The van der Waals surface area contributed by atoms with Crippen molar-refractivity contribution in [3.63, 3.8) is 0 Å². The second kappa shape index (κ2) is 5.92. The second-order valence-corrected chi connectivity index (χ2v) is 4.04. The van der Waals surface area contributed by atoms with Crippen molar-refractivity contribution in [3.05, 3.63) is 48.3 Å². The van der Waals surface area contributed by atoms with Crippen molar-refractivity contribution in [2.75, 3.05) is 23.5 Å². The fourth-order valence-electron chi connectivity index (χ4n) is 1.60. The Balaban J connectivity index is 2.03. The first-order valence-corrected chi connectivity index (χ1v) is 5.85. The van der Waals surface area contributed by atoms with Crippen LogP contribution in [0.1, 0.15) is 0 Å². The van der Waals surface area contributed by atoms with Crippen LogP contribution in [0.3, 0.4) is 0 Å². The van der Waals surface area contributed by atoms with Crippen molar-refractivity contribution in [2.24, 2.45) is 0 Å². The molecule has 0 heterocycles. The van der Waals surface area contributed by atoms with Gasteiger partial charge in [0, 0.05) is 5.69 Å². The molecule has 5 nitrogen and oxygen atoms in total. The van der Waals surface area contributed by atoms with Crippen molar-refractivity contribution >= 4 is 23.1 Å². The first kappa shape index (κ1) is 13.7. The molecule has 0 spiro atoms. The predicted octanol–water partition coefficient (Wildman–Crippen LogP) is 3.06. The van der Waals surface area contributed by atoms with Gasteiger partial charge >= 0.3 is 6.03 Å². The van der Waals surface area contributed by atoms with Gasteiger partial charge in [-0.05, 0) is 42.5 Å². The average Bonchev–Trinajstić information content (AvgIpc) is 2.43. The highest BCUT2D eigenvalue weighted by Gasteiger charge is 2.06. The van der Waals surface area contributed by atoms with Crippen LogP contribution in [0.25, 0.3) is 0 Å². The Morgan fingerprint density at radius 1 is 1.15 bits per heavy atom. The third kappa shape index (κ3) is 3.38. The number of nitrogens with two attached hydrogens (primary N) is 1. The van der Waals surface area contributed by atoms with E-state index in [1.54, 1.807) is 31.4 Å². The molecular weight excluding hydrogens is 261 g/mol. The summed E-state index contributed by atoms with van der Waals surface area (Å²) in [4.78, 5) is 11.8. The van der Waals surface area contributed by atoms with Gasteiger partial charge in [0.05, 0.1) is 18.5 Å². The molecule has 0 aromatic heterocycles. The normalized spacial score (nSPS) is 9.90. The lowest BCUT2D eigenvalue weighted by molar-refractivity contribution is 0.262. The van der Waals surface area contributed by atoms with E-state index >= 15 is 0 Å². The van der Waals surface area contributed by atoms with Crippen molar-refractivity contribution < 1.29 is 13.9 Å². The molecule has 2 aromatic rings. The standard InChI is InChI=1S/C14H14FN3O2/c1-20-11-5-3-10(4-6-11)17-14(19)18-13-8-9(15)2-7-12(13)16/h2-8H,16H2,1H3,(H2,17,18,19). The van der Waals surface area contributed by atoms with E-state index in [0.29, 0.717) is 11.4 Å². The molecule has 0 atom stereocenters. The molecule has 20 heavy (non-hydrogen) atoms. The summed E-state index contributed by atoms with van der Waals surface area (Å²) in [6, 6.07) is 10.1. The summed E-state index contributed by atoms with van der Waals surface area (Å²) in [5.41, 5.74) is 6.73. The van der Waals surface area contributed by atoms with Gasteiger partial charge < -0.3 is 21.1 Å². The molecule has 0 radical (unpaired) electrons. The van der Waals surface area contributed by atoms with Gasteiger partial charge in [-0.15, -0.1) is 0 Å². The number of urea groups is 1. The molecule has 4 N–H and O–H groups in total. The second-order valence-electron chi connectivity index (χ2n) is 4.04. The Bertz CT molecular complexity index is 614. The van der Waals surface area contributed by atoms with Crippen molar-refractivity contribution in [1.29, 1.82) is 0 Å². The smallest absolute Gasteiger partial charge is 0.323 e. The molecule has 0 aliphatic rings. The van der Waals surface area contributed by atoms with E-state index < -0.39 is 11.8 Å². The lowest BCUT2D eigenvalue weighted by Crippen LogP contribution is -2.20. The van der Waals surface area contributed by atoms with E-state index in [-0.39, 0.29) is 11.4 Å². The molecule has 2 aromatic carbocycles. The number of rotatable bonds is 3. The van der Waals surface area contributed by atoms with E-state index in [0.717, 1.165) is 6.07 Å². The molecule has 104 valence electrons. The van der Waals surface area contributed by atoms with E-state index in [1.807, 2.05) is 0 Å². The van der Waals surface area contributed by atoms with Gasteiger partial charge in [0.2, 0.25) is 0 Å². The van der Waals surface area contributed by atoms with Crippen LogP contribution in [-0.2, 0) is 0 Å². The number of ether oxygens (including phenoxy) is 1. The van der Waals surface area contributed by atoms with Crippen LogP contribution in [-0.4, -0.2) is 13.1 Å². The Morgan fingerprint density at radius 2 is 1.85 bits per heavy atom. The average molecular weight is 275 g/mol. The molecule has 0 bridgehead atoms. The summed E-state index contributed by atoms with van der Waals surface area (Å²) < 4.78 is 18.1. The number of methoxy groups -OCH3 is 1. The van der Waals surface area contributed by atoms with Gasteiger partial charge in [-0.25, -0.2) is 9.18 Å². The van der Waals surface area contributed by atoms with Gasteiger partial charge in [-0.1, -0.05) is 0 Å². The molecule has 6 heteroatoms. The third-order valence-electron chi connectivity index (χ3n) is 2.61. The molecule has 0 saturated heterocycles. The SMILES string of the molecule is COc1ccc(NC(=O)Nc2cc(F)ccc2N)cc1. The van der Waals surface area contributed by atoms with Crippen LogP contribution in [0.2, 0.25) is 0 Å². The summed E-state index contributed by atoms with van der Waals surface area (Å²) in [6.07, 6.45) is 0. The summed E-state index contributed by atoms with van der Waals surface area (Å²) in [5.74, 6) is 0.212. The fourth-order valence-corrected chi connectivity index (χ4v) is 1.60. The topological polar surface area (TPSA) is 76.4 Å². The Labute approximate surface area is 115 Å². The Morgan fingerprint density at radius 3 is 2.50 bits per heavy atom. The number of nitrogens with one attached hydrogen (secondary N) is 2. The van der Waals surface area contributed by atoms with Gasteiger partial charge in [0.1, 0.15) is 11.6 Å². The number of halogens is 1. The minimum absolute atomic E-state index is 0.219. The van der Waals surface area contributed by atoms with Gasteiger partial charge in [-0.2, -0.15) is 0 Å². The molecule has 0 saturated carbocycles. The van der Waals surface area contributed by atoms with E-state index in [4.69, 9.17) is 10.5 Å². The molecule has 0 fully saturated rings. The van der Waals surface area contributed by atoms with Gasteiger partial charge in [0.15, 0.2) is 0 Å². The maximum atomic E-state index is 13.1. The molecule has 0 unspecified atom stereocenters. The largest absolute Gasteiger partial charge is 0.497 e. The zero-order valence-corrected chi connectivity index (χ0v) is 10.8. The molecule has 0 aliphatic heterocycles. The third-order valence-corrected chi connectivity index (χ3v) is 2.61. The van der Waals surface area contributed by atoms with Crippen molar-refractivity contribution in [2.45, 2.75) is 0 Å². The lowest BCUT2D eigenvalue weighted by Gasteiger charge is -2.10. The number of amides is 2. The summed E-state index contributed by atoms with van der Waals surface area (Å²) in [5, 5.41) is 5.09. The Hall–Kier alpha value is -2.76. The molecule has 0 aliphatic carbocycles. The van der Waals surface area contributed by atoms with Crippen LogP contribution >= 0.6 is 0 Å². The zero-order valence-electron chi connectivity index (χ0n) is 10.8. The monoisotopic (exact) mass is 275 g/mol. The van der Waals surface area contributed by atoms with Crippen LogP contribution in [0, 0.1) is 5.82 Å². The molecular formula is C14H14FN3O2. The molecule has 2 rings (SSSR count). The number of benzene rings is 2. The van der Waals surface area contributed by atoms with Crippen molar-refractivity contribution in [1.82, 2.24) is 0 Å². The summed E-state index contributed by atoms with van der Waals surface area (Å²) in [6.45, 7) is 0. The number of hydrogen-bond donors (Lipinski definition) is 3. The number of nitrogen functional groups attached to an aromatic ring is 1. The quantitative estimate of drug-likeness (QED) is 0.753. The number of carbonyl (C=O) groups excluding carboxylic acids is 1. The maximum absolute atomic E-state index is 13.1. The van der Waals surface area contributed by atoms with Crippen LogP contribution in [0.15, 0.2) is 42.5 Å². The Kier molecular flexibility index (Phi) is 4.05. The number of hydrogen-bond acceptors (Lipinski definition) is 3. The predicted molar refractivity (Wildman–Crippen MR) is 76.4 cm³/mol. The highest BCUT2D eigenvalue weighted by molar-refractivity contribution is 6.01. The summed E-state index contributed by atoms with van der Waals surface area (Å²) in [7, 11) is 1.56. The number of carbonyl (C=O) groups is 1. The minimum Gasteiger partial charge on any atom is -0.497 e. The number of anilines is 3. The van der Waals surface area contributed by atoms with Crippen molar-refractivity contribution in [3.8, 4) is 5.75 Å². The minimum atomic E-state index is -0.507. The summed E-state index contributed by atoms with van der Waals surface area (Å²) >= 11 is 0. The lowest BCUT2D eigenvalue weighted by atomic mass is 10.2. The highest BCUT2D eigenvalue weighted by Crippen LogP contribution is 2.20. The highest BCUT2D eigenvalue weighted by atomic mass is 19.1. The van der Waals surface area contributed by atoms with Gasteiger partial charge in [-0.3, -0.25) is 0 Å². The van der Waals surface area contributed by atoms with Crippen LogP contribution < -0.4 is 21.1 Å². The zero-order chi connectivity index (χ0) is 14.5. The van der Waals surface area contributed by atoms with E-state index in [2.05, 4.69) is 10.6 Å². The van der Waals surface area contributed by atoms with E-state index in [1.165, 1.54) is 12.1 Å². The first-order chi connectivity index (χ1) is 9.58. The van der Waals surface area contributed by atoms with Crippen LogP contribution in [0.5, 0.6) is 5.75 Å². The van der Waals surface area contributed by atoms with E-state index in [9.17, 15) is 9.18 Å². The maximum Gasteiger partial charge on any atom is 0.323 e. The first-order valence-electron chi connectivity index (χ1n) is 5.85. The van der Waals surface area contributed by atoms with Gasteiger partial charge in [0.25, 0.3) is 0 Å². The fraction of sp³-hybridized carbons (Fsp3) is 0.0714. The van der Waals surface area contributed by atoms with Crippen LogP contribution in [0.4, 0.5) is 26.2 Å².